The third-order valence-corrected chi connectivity index (χ3v) is 2.29. The molecule has 104 valence electrons. The van der Waals surface area contributed by atoms with Crippen molar-refractivity contribution in [3.05, 3.63) is 46.5 Å². The SMILES string of the molecule is CCCOc1cccc(/C=N/Nc2cn[nH]c(=O)n2)c1. The third kappa shape index (κ3) is 4.20. The Morgan fingerprint density at radius 3 is 3.20 bits per heavy atom. The monoisotopic (exact) mass is 273 g/mol. The molecule has 0 saturated heterocycles. The lowest BCUT2D eigenvalue weighted by Crippen LogP contribution is -2.13. The van der Waals surface area contributed by atoms with E-state index in [4.69, 9.17) is 4.74 Å². The zero-order valence-corrected chi connectivity index (χ0v) is 11.0. The average molecular weight is 273 g/mol. The number of nitrogens with zero attached hydrogens (tertiary/aromatic N) is 3. The van der Waals surface area contributed by atoms with Crippen molar-refractivity contribution in [2.75, 3.05) is 12.0 Å². The second-order valence-corrected chi connectivity index (χ2v) is 3.96. The quantitative estimate of drug-likeness (QED) is 0.613. The normalized spacial score (nSPS) is 10.7. The molecular formula is C13H15N5O2. The number of aromatic nitrogens is 3. The Morgan fingerprint density at radius 1 is 1.50 bits per heavy atom. The molecule has 2 rings (SSSR count). The fourth-order valence-electron chi connectivity index (χ4n) is 1.44. The molecule has 7 nitrogen and oxygen atoms in total. The summed E-state index contributed by atoms with van der Waals surface area (Å²) in [6.45, 7) is 2.74. The first-order valence-electron chi connectivity index (χ1n) is 6.21. The molecule has 0 spiro atoms. The van der Waals surface area contributed by atoms with Gasteiger partial charge in [0.25, 0.3) is 0 Å². The largest absolute Gasteiger partial charge is 0.494 e. The van der Waals surface area contributed by atoms with Crippen LogP contribution in [0.4, 0.5) is 5.82 Å². The van der Waals surface area contributed by atoms with Gasteiger partial charge < -0.3 is 4.74 Å². The summed E-state index contributed by atoms with van der Waals surface area (Å²) in [4.78, 5) is 14.6. The zero-order valence-electron chi connectivity index (χ0n) is 11.0. The van der Waals surface area contributed by atoms with E-state index in [-0.39, 0.29) is 5.82 Å². The van der Waals surface area contributed by atoms with E-state index in [1.807, 2.05) is 24.3 Å². The van der Waals surface area contributed by atoms with Crippen molar-refractivity contribution in [1.82, 2.24) is 15.2 Å². The number of hydrazone groups is 1. The number of H-pyrrole nitrogens is 1. The minimum atomic E-state index is -0.528. The highest BCUT2D eigenvalue weighted by atomic mass is 16.5. The number of ether oxygens (including phenoxy) is 1. The Bertz CT molecular complexity index is 638. The number of nitrogens with one attached hydrogen (secondary N) is 2. The van der Waals surface area contributed by atoms with Gasteiger partial charge in [-0.2, -0.15) is 15.2 Å². The molecule has 0 saturated carbocycles. The van der Waals surface area contributed by atoms with Gasteiger partial charge in [-0.05, 0) is 24.1 Å². The van der Waals surface area contributed by atoms with Gasteiger partial charge in [0.05, 0.1) is 19.0 Å². The van der Waals surface area contributed by atoms with Crippen LogP contribution in [0.15, 0.2) is 40.4 Å². The fraction of sp³-hybridized carbons (Fsp3) is 0.231. The Morgan fingerprint density at radius 2 is 2.40 bits per heavy atom. The fourth-order valence-corrected chi connectivity index (χ4v) is 1.44. The molecule has 0 aliphatic carbocycles. The molecule has 0 unspecified atom stereocenters. The standard InChI is InChI=1S/C13H15N5O2/c1-2-6-20-11-5-3-4-10(7-11)8-14-17-12-9-15-18-13(19)16-12/h3-5,7-9H,2,6H2,1H3,(H2,16,17,18,19)/b14-8+. The van der Waals surface area contributed by atoms with Crippen molar-refractivity contribution in [3.63, 3.8) is 0 Å². The summed E-state index contributed by atoms with van der Waals surface area (Å²) in [5.74, 6) is 1.08. The van der Waals surface area contributed by atoms with Gasteiger partial charge in [-0.15, -0.1) is 0 Å². The minimum Gasteiger partial charge on any atom is -0.494 e. The molecule has 0 aliphatic heterocycles. The first kappa shape index (κ1) is 13.7. The second kappa shape index (κ2) is 7.03. The summed E-state index contributed by atoms with van der Waals surface area (Å²) in [5.41, 5.74) is 2.98. The van der Waals surface area contributed by atoms with Gasteiger partial charge in [0.2, 0.25) is 0 Å². The molecule has 7 heteroatoms. The molecule has 1 aromatic carbocycles. The first-order chi connectivity index (χ1) is 9.78. The highest BCUT2D eigenvalue weighted by Gasteiger charge is 1.95. The summed E-state index contributed by atoms with van der Waals surface area (Å²) in [6.07, 6.45) is 3.95. The highest BCUT2D eigenvalue weighted by molar-refractivity contribution is 5.80. The summed E-state index contributed by atoms with van der Waals surface area (Å²) >= 11 is 0. The molecular weight excluding hydrogens is 258 g/mol. The molecule has 0 radical (unpaired) electrons. The van der Waals surface area contributed by atoms with Crippen molar-refractivity contribution in [1.29, 1.82) is 0 Å². The maximum Gasteiger partial charge on any atom is 0.363 e. The minimum absolute atomic E-state index is 0.281. The third-order valence-electron chi connectivity index (χ3n) is 2.29. The van der Waals surface area contributed by atoms with Crippen LogP contribution in [0, 0.1) is 0 Å². The van der Waals surface area contributed by atoms with Gasteiger partial charge in [-0.1, -0.05) is 19.1 Å². The summed E-state index contributed by atoms with van der Waals surface area (Å²) < 4.78 is 5.53. The molecule has 1 heterocycles. The molecule has 0 fully saturated rings. The maximum atomic E-state index is 10.9. The van der Waals surface area contributed by atoms with E-state index >= 15 is 0 Å². The highest BCUT2D eigenvalue weighted by Crippen LogP contribution is 2.12. The topological polar surface area (TPSA) is 92.3 Å². The van der Waals surface area contributed by atoms with Crippen molar-refractivity contribution in [3.8, 4) is 5.75 Å². The van der Waals surface area contributed by atoms with E-state index in [1.165, 1.54) is 6.20 Å². The summed E-state index contributed by atoms with van der Waals surface area (Å²) in [6, 6.07) is 7.56. The van der Waals surface area contributed by atoms with Crippen molar-refractivity contribution in [2.45, 2.75) is 13.3 Å². The van der Waals surface area contributed by atoms with Gasteiger partial charge >= 0.3 is 5.69 Å². The van der Waals surface area contributed by atoms with Crippen molar-refractivity contribution >= 4 is 12.0 Å². The lowest BCUT2D eigenvalue weighted by atomic mass is 10.2. The van der Waals surface area contributed by atoms with Crippen LogP contribution in [-0.2, 0) is 0 Å². The van der Waals surface area contributed by atoms with E-state index in [9.17, 15) is 4.79 Å². The molecule has 0 bridgehead atoms. The molecule has 0 aliphatic rings. The predicted octanol–water partition coefficient (Wildman–Crippen LogP) is 1.40. The Hall–Kier alpha value is -2.70. The zero-order chi connectivity index (χ0) is 14.2. The Labute approximate surface area is 115 Å². The van der Waals surface area contributed by atoms with Crippen LogP contribution in [-0.4, -0.2) is 28.0 Å². The Kier molecular flexibility index (Phi) is 4.82. The molecule has 0 amide bonds. The average Bonchev–Trinajstić information content (AvgIpc) is 2.46. The van der Waals surface area contributed by atoms with Gasteiger partial charge in [0, 0.05) is 0 Å². The number of hydrogen-bond donors (Lipinski definition) is 2. The van der Waals surface area contributed by atoms with E-state index in [1.54, 1.807) is 6.21 Å². The Balaban J connectivity index is 1.98. The molecule has 0 atom stereocenters. The van der Waals surface area contributed by atoms with Crippen LogP contribution in [0.1, 0.15) is 18.9 Å². The van der Waals surface area contributed by atoms with Crippen molar-refractivity contribution in [2.24, 2.45) is 5.10 Å². The van der Waals surface area contributed by atoms with Crippen LogP contribution in [0.2, 0.25) is 0 Å². The summed E-state index contributed by atoms with van der Waals surface area (Å²) in [5, 5.41) is 9.77. The van der Waals surface area contributed by atoms with Crippen molar-refractivity contribution < 1.29 is 4.74 Å². The predicted molar refractivity (Wildman–Crippen MR) is 76.1 cm³/mol. The molecule has 1 aromatic heterocycles. The van der Waals surface area contributed by atoms with Crippen LogP contribution >= 0.6 is 0 Å². The number of aromatic amines is 1. The van der Waals surface area contributed by atoms with Gasteiger partial charge in [0.1, 0.15) is 5.75 Å². The maximum absolute atomic E-state index is 10.9. The lowest BCUT2D eigenvalue weighted by molar-refractivity contribution is 0.317. The van der Waals surface area contributed by atoms with Gasteiger partial charge in [-0.3, -0.25) is 5.43 Å². The number of hydrogen-bond acceptors (Lipinski definition) is 6. The molecule has 2 N–H and O–H groups in total. The van der Waals surface area contributed by atoms with Gasteiger partial charge in [0.15, 0.2) is 5.82 Å². The number of anilines is 1. The van der Waals surface area contributed by atoms with E-state index in [0.29, 0.717) is 6.61 Å². The van der Waals surface area contributed by atoms with Crippen LogP contribution < -0.4 is 15.9 Å². The van der Waals surface area contributed by atoms with E-state index in [0.717, 1.165) is 17.7 Å². The van der Waals surface area contributed by atoms with Crippen LogP contribution in [0.5, 0.6) is 5.75 Å². The number of rotatable bonds is 6. The van der Waals surface area contributed by atoms with E-state index in [2.05, 4.69) is 32.6 Å². The number of benzene rings is 1. The molecule has 20 heavy (non-hydrogen) atoms. The molecule has 2 aromatic rings. The first-order valence-corrected chi connectivity index (χ1v) is 6.21. The van der Waals surface area contributed by atoms with Gasteiger partial charge in [-0.25, -0.2) is 9.89 Å². The smallest absolute Gasteiger partial charge is 0.363 e. The summed E-state index contributed by atoms with van der Waals surface area (Å²) in [7, 11) is 0. The lowest BCUT2D eigenvalue weighted by Gasteiger charge is -2.04. The van der Waals surface area contributed by atoms with Crippen LogP contribution in [0.25, 0.3) is 0 Å². The van der Waals surface area contributed by atoms with Crippen LogP contribution in [0.3, 0.4) is 0 Å². The van der Waals surface area contributed by atoms with E-state index < -0.39 is 5.69 Å². The second-order valence-electron chi connectivity index (χ2n) is 3.96.